The molecule has 13 heavy (non-hydrogen) atoms. The van der Waals surface area contributed by atoms with E-state index < -0.39 is 0 Å². The Bertz CT molecular complexity index is 206. The normalized spacial score (nSPS) is 29.2. The molecule has 2 aliphatic heterocycles. The van der Waals surface area contributed by atoms with Crippen molar-refractivity contribution in [3.8, 4) is 0 Å². The van der Waals surface area contributed by atoms with Crippen molar-refractivity contribution in [1.82, 2.24) is 4.90 Å². The summed E-state index contributed by atoms with van der Waals surface area (Å²) in [7, 11) is 0. The van der Waals surface area contributed by atoms with Crippen molar-refractivity contribution >= 4 is 32.9 Å². The third kappa shape index (κ3) is 2.39. The molecule has 5 heteroatoms. The van der Waals surface area contributed by atoms with E-state index in [9.17, 15) is 0 Å². The van der Waals surface area contributed by atoms with E-state index in [0.717, 1.165) is 38.2 Å². The zero-order valence-corrected chi connectivity index (χ0v) is 9.81. The van der Waals surface area contributed by atoms with Gasteiger partial charge in [0.1, 0.15) is 0 Å². The van der Waals surface area contributed by atoms with Gasteiger partial charge in [-0.2, -0.15) is 0 Å². The van der Waals surface area contributed by atoms with Crippen LogP contribution < -0.4 is 0 Å². The molecule has 0 bridgehead atoms. The van der Waals surface area contributed by atoms with Crippen molar-refractivity contribution < 1.29 is 4.74 Å². The van der Waals surface area contributed by atoms with Crippen molar-refractivity contribution in [2.45, 2.75) is 5.25 Å². The van der Waals surface area contributed by atoms with Gasteiger partial charge >= 0.3 is 0 Å². The summed E-state index contributed by atoms with van der Waals surface area (Å²) in [6, 6.07) is 0. The van der Waals surface area contributed by atoms with Gasteiger partial charge in [0.2, 0.25) is 0 Å². The molecule has 0 unspecified atom stereocenters. The number of alkyl halides is 1. The van der Waals surface area contributed by atoms with E-state index in [1.165, 1.54) is 5.17 Å². The Morgan fingerprint density at radius 2 is 2.31 bits per heavy atom. The van der Waals surface area contributed by atoms with Crippen LogP contribution in [0.25, 0.3) is 0 Å². The van der Waals surface area contributed by atoms with Gasteiger partial charge in [-0.15, -0.1) is 0 Å². The smallest absolute Gasteiger partial charge is 0.159 e. The highest BCUT2D eigenvalue weighted by Gasteiger charge is 2.24. The van der Waals surface area contributed by atoms with Crippen LogP contribution in [0.1, 0.15) is 0 Å². The number of rotatable bonds is 1. The minimum atomic E-state index is 0.637. The van der Waals surface area contributed by atoms with Crippen molar-refractivity contribution in [2.75, 3.05) is 38.2 Å². The monoisotopic (exact) mass is 264 g/mol. The molecule has 74 valence electrons. The summed E-state index contributed by atoms with van der Waals surface area (Å²) < 4.78 is 5.30. The molecule has 0 N–H and O–H groups in total. The largest absolute Gasteiger partial charge is 0.378 e. The molecular weight excluding hydrogens is 252 g/mol. The number of hydrogen-bond acceptors (Lipinski definition) is 4. The van der Waals surface area contributed by atoms with Crippen molar-refractivity contribution in [3.05, 3.63) is 0 Å². The van der Waals surface area contributed by atoms with Gasteiger partial charge in [0.15, 0.2) is 5.17 Å². The van der Waals surface area contributed by atoms with Crippen LogP contribution >= 0.6 is 27.7 Å². The third-order valence-corrected chi connectivity index (χ3v) is 4.61. The number of hydrogen-bond donors (Lipinski definition) is 0. The second-order valence-electron chi connectivity index (χ2n) is 3.12. The summed E-state index contributed by atoms with van der Waals surface area (Å²) in [5.41, 5.74) is 0. The first kappa shape index (κ1) is 9.80. The van der Waals surface area contributed by atoms with Crippen LogP contribution in [0.3, 0.4) is 0 Å². The zero-order valence-electron chi connectivity index (χ0n) is 7.41. The summed E-state index contributed by atoms with van der Waals surface area (Å²) in [6.45, 7) is 4.65. The zero-order chi connectivity index (χ0) is 9.10. The number of morpholine rings is 1. The lowest BCUT2D eigenvalue weighted by molar-refractivity contribution is 0.0693. The quantitative estimate of drug-likeness (QED) is 0.666. The van der Waals surface area contributed by atoms with Crippen LogP contribution in [-0.4, -0.2) is 53.5 Å². The summed E-state index contributed by atoms with van der Waals surface area (Å²) in [6.07, 6.45) is 0. The molecule has 0 aromatic carbocycles. The van der Waals surface area contributed by atoms with Crippen LogP contribution in [0.15, 0.2) is 4.99 Å². The number of amidine groups is 1. The Labute approximate surface area is 91.0 Å². The molecule has 3 nitrogen and oxygen atoms in total. The van der Waals surface area contributed by atoms with Crippen molar-refractivity contribution in [1.29, 1.82) is 0 Å². The van der Waals surface area contributed by atoms with E-state index in [-0.39, 0.29) is 0 Å². The summed E-state index contributed by atoms with van der Waals surface area (Å²) in [5, 5.41) is 2.89. The van der Waals surface area contributed by atoms with E-state index in [1.807, 2.05) is 11.8 Å². The van der Waals surface area contributed by atoms with Gasteiger partial charge in [0.05, 0.1) is 19.8 Å². The van der Waals surface area contributed by atoms with E-state index in [1.54, 1.807) is 0 Å². The van der Waals surface area contributed by atoms with Gasteiger partial charge in [-0.3, -0.25) is 4.99 Å². The SMILES string of the molecule is BrC[C@@H]1CN=C(N2CCOCC2)S1. The fourth-order valence-electron chi connectivity index (χ4n) is 1.41. The number of ether oxygens (including phenoxy) is 1. The molecule has 0 aromatic heterocycles. The average molecular weight is 265 g/mol. The van der Waals surface area contributed by atoms with E-state index in [2.05, 4.69) is 25.8 Å². The molecular formula is C8H13BrN2OS. The van der Waals surface area contributed by atoms with Crippen molar-refractivity contribution in [3.63, 3.8) is 0 Å². The first-order valence-electron chi connectivity index (χ1n) is 4.50. The van der Waals surface area contributed by atoms with Crippen LogP contribution in [0.2, 0.25) is 0 Å². The number of halogens is 1. The van der Waals surface area contributed by atoms with Gasteiger partial charge in [0.25, 0.3) is 0 Å². The lowest BCUT2D eigenvalue weighted by Gasteiger charge is -2.28. The molecule has 0 aliphatic carbocycles. The number of thioether (sulfide) groups is 1. The van der Waals surface area contributed by atoms with Gasteiger partial charge in [-0.25, -0.2) is 0 Å². The Hall–Kier alpha value is 0.260. The topological polar surface area (TPSA) is 24.8 Å². The highest BCUT2D eigenvalue weighted by atomic mass is 79.9. The van der Waals surface area contributed by atoms with Crippen LogP contribution in [0.4, 0.5) is 0 Å². The molecule has 1 atom stereocenters. The van der Waals surface area contributed by atoms with Gasteiger partial charge in [-0.05, 0) is 0 Å². The standard InChI is InChI=1S/C8H13BrN2OS/c9-5-7-6-10-8(13-7)11-1-3-12-4-2-11/h7H,1-6H2/t7-/m1/s1. The van der Waals surface area contributed by atoms with Crippen LogP contribution in [0.5, 0.6) is 0 Å². The maximum Gasteiger partial charge on any atom is 0.159 e. The molecule has 0 saturated carbocycles. The summed E-state index contributed by atoms with van der Waals surface area (Å²) in [5.74, 6) is 0. The van der Waals surface area contributed by atoms with Crippen molar-refractivity contribution in [2.24, 2.45) is 4.99 Å². The second kappa shape index (κ2) is 4.66. The Kier molecular flexibility index (Phi) is 3.51. The predicted molar refractivity (Wildman–Crippen MR) is 59.9 cm³/mol. The lowest BCUT2D eigenvalue weighted by Crippen LogP contribution is -2.39. The molecule has 0 amide bonds. The Morgan fingerprint density at radius 1 is 1.54 bits per heavy atom. The number of nitrogens with zero attached hydrogens (tertiary/aromatic N) is 2. The minimum Gasteiger partial charge on any atom is -0.378 e. The highest BCUT2D eigenvalue weighted by molar-refractivity contribution is 9.09. The highest BCUT2D eigenvalue weighted by Crippen LogP contribution is 2.25. The fourth-order valence-corrected chi connectivity index (χ4v) is 3.01. The van der Waals surface area contributed by atoms with Gasteiger partial charge in [-0.1, -0.05) is 27.7 Å². The predicted octanol–water partition coefficient (Wildman–Crippen LogP) is 1.18. The third-order valence-electron chi connectivity index (χ3n) is 2.16. The summed E-state index contributed by atoms with van der Waals surface area (Å²) >= 11 is 5.38. The molecule has 0 spiro atoms. The first-order valence-corrected chi connectivity index (χ1v) is 6.50. The average Bonchev–Trinajstić information content (AvgIpc) is 2.67. The minimum absolute atomic E-state index is 0.637. The molecule has 1 fully saturated rings. The maximum atomic E-state index is 5.30. The van der Waals surface area contributed by atoms with Crippen LogP contribution in [0, 0.1) is 0 Å². The van der Waals surface area contributed by atoms with E-state index >= 15 is 0 Å². The lowest BCUT2D eigenvalue weighted by atomic mass is 10.4. The Morgan fingerprint density at radius 3 is 2.92 bits per heavy atom. The summed E-state index contributed by atoms with van der Waals surface area (Å²) in [4.78, 5) is 6.86. The van der Waals surface area contributed by atoms with Gasteiger partial charge < -0.3 is 9.64 Å². The fraction of sp³-hybridized carbons (Fsp3) is 0.875. The Balaban J connectivity index is 1.87. The molecule has 1 saturated heterocycles. The maximum absolute atomic E-state index is 5.30. The van der Waals surface area contributed by atoms with Gasteiger partial charge in [0, 0.05) is 23.7 Å². The molecule has 2 aliphatic rings. The van der Waals surface area contributed by atoms with Crippen LogP contribution in [-0.2, 0) is 4.74 Å². The number of aliphatic imine (C=N–C) groups is 1. The molecule has 2 rings (SSSR count). The van der Waals surface area contributed by atoms with E-state index in [0.29, 0.717) is 5.25 Å². The molecule has 0 aromatic rings. The van der Waals surface area contributed by atoms with E-state index in [4.69, 9.17) is 4.74 Å². The second-order valence-corrected chi connectivity index (χ2v) is 5.03. The first-order chi connectivity index (χ1) is 6.40. The molecule has 0 radical (unpaired) electrons. The molecule has 2 heterocycles.